The van der Waals surface area contributed by atoms with Gasteiger partial charge >= 0.3 is 0 Å². The number of sulfonamides is 1. The lowest BCUT2D eigenvalue weighted by Crippen LogP contribution is -2.42. The molecule has 0 saturated carbocycles. The number of nitrogens with zero attached hydrogens (tertiary/aromatic N) is 1. The van der Waals surface area contributed by atoms with Gasteiger partial charge in [0.15, 0.2) is 0 Å². The van der Waals surface area contributed by atoms with E-state index in [1.54, 1.807) is 4.31 Å². The van der Waals surface area contributed by atoms with Crippen molar-refractivity contribution in [3.63, 3.8) is 0 Å². The molecule has 0 radical (unpaired) electrons. The second kappa shape index (κ2) is 4.80. The Hall–Kier alpha value is -0.130. The highest BCUT2D eigenvalue weighted by atomic mass is 32.2. The van der Waals surface area contributed by atoms with E-state index in [-0.39, 0.29) is 17.8 Å². The summed E-state index contributed by atoms with van der Waals surface area (Å²) in [7, 11) is -3.12. The molecule has 0 aromatic rings. The first-order valence-corrected chi connectivity index (χ1v) is 7.07. The maximum atomic E-state index is 11.8. The summed E-state index contributed by atoms with van der Waals surface area (Å²) in [5.41, 5.74) is 0.267. The molecule has 0 unspecified atom stereocenters. The standard InChI is InChI=1S/C10H21NO3S/c1-10(2)4-6-11(7-5-10)15(13,14)9-3-8-12/h12H,3-9H2,1-2H3. The fraction of sp³-hybridized carbons (Fsp3) is 1.00. The fourth-order valence-electron chi connectivity index (χ4n) is 1.75. The number of piperidine rings is 1. The van der Waals surface area contributed by atoms with Crippen molar-refractivity contribution in [1.29, 1.82) is 0 Å². The molecular weight excluding hydrogens is 214 g/mol. The third kappa shape index (κ3) is 3.74. The van der Waals surface area contributed by atoms with Crippen molar-refractivity contribution >= 4 is 10.0 Å². The van der Waals surface area contributed by atoms with Crippen molar-refractivity contribution < 1.29 is 13.5 Å². The molecule has 0 amide bonds. The molecule has 1 heterocycles. The lowest BCUT2D eigenvalue weighted by atomic mass is 9.83. The zero-order chi connectivity index (χ0) is 11.5. The van der Waals surface area contributed by atoms with Crippen LogP contribution in [0.25, 0.3) is 0 Å². The SMILES string of the molecule is CC1(C)CCN(S(=O)(=O)CCCO)CC1. The third-order valence-corrected chi connectivity index (χ3v) is 4.99. The van der Waals surface area contributed by atoms with Crippen LogP contribution in [0, 0.1) is 5.41 Å². The molecule has 0 aromatic heterocycles. The van der Waals surface area contributed by atoms with Gasteiger partial charge in [-0.25, -0.2) is 12.7 Å². The van der Waals surface area contributed by atoms with Gasteiger partial charge in [-0.2, -0.15) is 0 Å². The molecule has 0 spiro atoms. The summed E-state index contributed by atoms with van der Waals surface area (Å²) in [5, 5.41) is 8.63. The molecule has 1 rings (SSSR count). The molecular formula is C10H21NO3S. The monoisotopic (exact) mass is 235 g/mol. The minimum absolute atomic E-state index is 0.0570. The molecule has 5 heteroatoms. The van der Waals surface area contributed by atoms with Crippen LogP contribution >= 0.6 is 0 Å². The van der Waals surface area contributed by atoms with E-state index in [2.05, 4.69) is 13.8 Å². The summed E-state index contributed by atoms with van der Waals surface area (Å²) in [5.74, 6) is 0.0733. The van der Waals surface area contributed by atoms with Crippen molar-refractivity contribution in [3.05, 3.63) is 0 Å². The van der Waals surface area contributed by atoms with E-state index in [0.717, 1.165) is 12.8 Å². The maximum absolute atomic E-state index is 11.8. The maximum Gasteiger partial charge on any atom is 0.214 e. The van der Waals surface area contributed by atoms with E-state index in [0.29, 0.717) is 19.5 Å². The Bertz CT molecular complexity index is 288. The molecule has 1 saturated heterocycles. The van der Waals surface area contributed by atoms with Gasteiger partial charge in [0.1, 0.15) is 0 Å². The van der Waals surface area contributed by atoms with Crippen LogP contribution in [0.2, 0.25) is 0 Å². The Morgan fingerprint density at radius 1 is 1.27 bits per heavy atom. The molecule has 90 valence electrons. The van der Waals surface area contributed by atoms with E-state index in [1.165, 1.54) is 0 Å². The quantitative estimate of drug-likeness (QED) is 0.785. The summed E-state index contributed by atoms with van der Waals surface area (Å²) in [6.45, 7) is 5.54. The zero-order valence-corrected chi connectivity index (χ0v) is 10.4. The number of rotatable bonds is 4. The van der Waals surface area contributed by atoms with Gasteiger partial charge in [0.2, 0.25) is 10.0 Å². The van der Waals surface area contributed by atoms with Crippen LogP contribution in [0.5, 0.6) is 0 Å². The Morgan fingerprint density at radius 2 is 1.80 bits per heavy atom. The molecule has 0 aliphatic carbocycles. The molecule has 1 aliphatic rings. The Labute approximate surface area is 92.3 Å². The zero-order valence-electron chi connectivity index (χ0n) is 9.57. The highest BCUT2D eigenvalue weighted by Crippen LogP contribution is 2.30. The number of hydrogen-bond acceptors (Lipinski definition) is 3. The van der Waals surface area contributed by atoms with E-state index in [9.17, 15) is 8.42 Å². The molecule has 1 fully saturated rings. The van der Waals surface area contributed by atoms with Gasteiger partial charge in [0, 0.05) is 19.7 Å². The summed E-state index contributed by atoms with van der Waals surface area (Å²) in [6.07, 6.45) is 2.18. The van der Waals surface area contributed by atoms with E-state index < -0.39 is 10.0 Å². The molecule has 1 N–H and O–H groups in total. The van der Waals surface area contributed by atoms with Crippen LogP contribution in [0.4, 0.5) is 0 Å². The van der Waals surface area contributed by atoms with Crippen LogP contribution < -0.4 is 0 Å². The van der Waals surface area contributed by atoms with Gasteiger partial charge in [0.25, 0.3) is 0 Å². The van der Waals surface area contributed by atoms with Crippen molar-refractivity contribution in [2.45, 2.75) is 33.1 Å². The summed E-state index contributed by atoms with van der Waals surface area (Å²) in [4.78, 5) is 0. The van der Waals surface area contributed by atoms with Gasteiger partial charge in [-0.15, -0.1) is 0 Å². The lowest BCUT2D eigenvalue weighted by Gasteiger charge is -2.36. The largest absolute Gasteiger partial charge is 0.396 e. The second-order valence-electron chi connectivity index (χ2n) is 4.96. The van der Waals surface area contributed by atoms with Crippen LogP contribution in [0.3, 0.4) is 0 Å². The topological polar surface area (TPSA) is 57.6 Å². The summed E-state index contributed by atoms with van der Waals surface area (Å²) in [6, 6.07) is 0. The first kappa shape index (κ1) is 12.9. The Balaban J connectivity index is 2.52. The fourth-order valence-corrected chi connectivity index (χ4v) is 3.24. The molecule has 0 aromatic carbocycles. The van der Waals surface area contributed by atoms with Crippen molar-refractivity contribution in [1.82, 2.24) is 4.31 Å². The van der Waals surface area contributed by atoms with Crippen molar-refractivity contribution in [2.75, 3.05) is 25.4 Å². The lowest BCUT2D eigenvalue weighted by molar-refractivity contribution is 0.195. The molecule has 4 nitrogen and oxygen atoms in total. The molecule has 1 aliphatic heterocycles. The normalized spacial score (nSPS) is 22.9. The van der Waals surface area contributed by atoms with Crippen LogP contribution in [0.15, 0.2) is 0 Å². The van der Waals surface area contributed by atoms with E-state index in [1.807, 2.05) is 0 Å². The number of aliphatic hydroxyl groups is 1. The molecule has 0 atom stereocenters. The highest BCUT2D eigenvalue weighted by molar-refractivity contribution is 7.89. The van der Waals surface area contributed by atoms with E-state index in [4.69, 9.17) is 5.11 Å². The summed E-state index contributed by atoms with van der Waals surface area (Å²) >= 11 is 0. The van der Waals surface area contributed by atoms with Crippen LogP contribution in [0.1, 0.15) is 33.1 Å². The van der Waals surface area contributed by atoms with Crippen LogP contribution in [-0.2, 0) is 10.0 Å². The summed E-state index contributed by atoms with van der Waals surface area (Å²) < 4.78 is 25.1. The minimum atomic E-state index is -3.12. The Kier molecular flexibility index (Phi) is 4.14. The highest BCUT2D eigenvalue weighted by Gasteiger charge is 2.31. The van der Waals surface area contributed by atoms with Gasteiger partial charge in [-0.1, -0.05) is 13.8 Å². The molecule has 15 heavy (non-hydrogen) atoms. The average Bonchev–Trinajstić information content (AvgIpc) is 2.14. The van der Waals surface area contributed by atoms with Gasteiger partial charge < -0.3 is 5.11 Å². The third-order valence-electron chi connectivity index (χ3n) is 3.03. The second-order valence-corrected chi connectivity index (χ2v) is 7.04. The molecule has 0 bridgehead atoms. The first-order chi connectivity index (χ1) is 6.87. The Morgan fingerprint density at radius 3 is 2.27 bits per heavy atom. The van der Waals surface area contributed by atoms with Crippen LogP contribution in [-0.4, -0.2) is 43.3 Å². The van der Waals surface area contributed by atoms with E-state index >= 15 is 0 Å². The first-order valence-electron chi connectivity index (χ1n) is 5.46. The predicted molar refractivity (Wildman–Crippen MR) is 60.1 cm³/mol. The minimum Gasteiger partial charge on any atom is -0.396 e. The van der Waals surface area contributed by atoms with Crippen molar-refractivity contribution in [3.8, 4) is 0 Å². The van der Waals surface area contributed by atoms with Crippen molar-refractivity contribution in [2.24, 2.45) is 5.41 Å². The number of hydrogen-bond donors (Lipinski definition) is 1. The number of aliphatic hydroxyl groups excluding tert-OH is 1. The van der Waals surface area contributed by atoms with Gasteiger partial charge in [0.05, 0.1) is 5.75 Å². The van der Waals surface area contributed by atoms with Gasteiger partial charge in [-0.05, 0) is 24.7 Å². The smallest absolute Gasteiger partial charge is 0.214 e. The average molecular weight is 235 g/mol. The predicted octanol–water partition coefficient (Wildman–Crippen LogP) is 0.821. The van der Waals surface area contributed by atoms with Gasteiger partial charge in [-0.3, -0.25) is 0 Å².